The molecule has 0 saturated carbocycles. The molecule has 17 heavy (non-hydrogen) atoms. The molecule has 2 atom stereocenters. The van der Waals surface area contributed by atoms with E-state index in [9.17, 15) is 14.4 Å². The lowest BCUT2D eigenvalue weighted by atomic mass is 10.00. The highest BCUT2D eigenvalue weighted by atomic mass is 16.5. The minimum absolute atomic E-state index is 0.0782. The van der Waals surface area contributed by atoms with Gasteiger partial charge >= 0.3 is 5.97 Å². The Kier molecular flexibility index (Phi) is 4.04. The summed E-state index contributed by atoms with van der Waals surface area (Å²) in [6.45, 7) is 8.79. The molecule has 1 rings (SSSR count). The van der Waals surface area contributed by atoms with Gasteiger partial charge in [-0.05, 0) is 6.92 Å². The molecule has 0 bridgehead atoms. The summed E-state index contributed by atoms with van der Waals surface area (Å²) in [7, 11) is 0. The molecule has 94 valence electrons. The van der Waals surface area contributed by atoms with E-state index < -0.39 is 5.97 Å². The van der Waals surface area contributed by atoms with E-state index in [1.165, 1.54) is 0 Å². The van der Waals surface area contributed by atoms with Crippen LogP contribution >= 0.6 is 0 Å². The second kappa shape index (κ2) is 5.12. The van der Waals surface area contributed by atoms with Crippen LogP contribution < -0.4 is 0 Å². The van der Waals surface area contributed by atoms with Crippen LogP contribution in [0.4, 0.5) is 0 Å². The summed E-state index contributed by atoms with van der Waals surface area (Å²) in [6, 6.07) is 0. The van der Waals surface area contributed by atoms with E-state index in [0.29, 0.717) is 0 Å². The summed E-state index contributed by atoms with van der Waals surface area (Å²) in [5.41, 5.74) is 0.120. The molecule has 1 fully saturated rings. The second-order valence-electron chi connectivity index (χ2n) is 4.16. The van der Waals surface area contributed by atoms with Crippen LogP contribution in [0.1, 0.15) is 20.8 Å². The number of carbonyl (C=O) groups excluding carboxylic acids is 3. The van der Waals surface area contributed by atoms with Gasteiger partial charge in [0.25, 0.3) is 0 Å². The third-order valence-electron chi connectivity index (χ3n) is 2.97. The van der Waals surface area contributed by atoms with Crippen molar-refractivity contribution in [1.29, 1.82) is 0 Å². The zero-order valence-corrected chi connectivity index (χ0v) is 10.4. The summed E-state index contributed by atoms with van der Waals surface area (Å²) < 4.78 is 4.75. The summed E-state index contributed by atoms with van der Waals surface area (Å²) >= 11 is 0. The lowest BCUT2D eigenvalue weighted by molar-refractivity contribution is -0.141. The third-order valence-corrected chi connectivity index (χ3v) is 2.97. The SMILES string of the molecule is C=C(CN1C(=O)C(C)C(C)C1=O)C(=O)OCC. The molecule has 5 nitrogen and oxygen atoms in total. The molecule has 1 saturated heterocycles. The van der Waals surface area contributed by atoms with Crippen molar-refractivity contribution in [2.45, 2.75) is 20.8 Å². The monoisotopic (exact) mass is 239 g/mol. The standard InChI is InChI=1S/C12H17NO4/c1-5-17-12(16)7(2)6-13-10(14)8(3)9(4)11(13)15/h8-9H,2,5-6H2,1,3-4H3. The molecule has 2 amide bonds. The van der Waals surface area contributed by atoms with Crippen LogP contribution in [0.3, 0.4) is 0 Å². The van der Waals surface area contributed by atoms with Crippen LogP contribution in [0.2, 0.25) is 0 Å². The molecular weight excluding hydrogens is 222 g/mol. The molecular formula is C12H17NO4. The van der Waals surface area contributed by atoms with Gasteiger partial charge in [-0.2, -0.15) is 0 Å². The lowest BCUT2D eigenvalue weighted by Crippen LogP contribution is -2.34. The van der Waals surface area contributed by atoms with Crippen LogP contribution in [0.15, 0.2) is 12.2 Å². The average Bonchev–Trinajstić information content (AvgIpc) is 2.47. The molecule has 0 aliphatic carbocycles. The Balaban J connectivity index is 2.70. The minimum Gasteiger partial charge on any atom is -0.463 e. The third kappa shape index (κ3) is 2.54. The number of hydrogen-bond donors (Lipinski definition) is 0. The normalized spacial score (nSPS) is 24.1. The molecule has 0 N–H and O–H groups in total. The molecule has 0 aromatic carbocycles. The Morgan fingerprint density at radius 3 is 2.18 bits per heavy atom. The quantitative estimate of drug-likeness (QED) is 0.412. The largest absolute Gasteiger partial charge is 0.463 e. The van der Waals surface area contributed by atoms with Crippen molar-refractivity contribution in [3.8, 4) is 0 Å². The van der Waals surface area contributed by atoms with Crippen molar-refractivity contribution in [1.82, 2.24) is 4.90 Å². The van der Waals surface area contributed by atoms with E-state index in [1.807, 2.05) is 0 Å². The molecule has 1 aliphatic rings. The molecule has 1 aliphatic heterocycles. The Morgan fingerprint density at radius 1 is 1.29 bits per heavy atom. The predicted molar refractivity (Wildman–Crippen MR) is 60.8 cm³/mol. The van der Waals surface area contributed by atoms with Gasteiger partial charge in [0, 0.05) is 17.4 Å². The van der Waals surface area contributed by atoms with Crippen LogP contribution in [0.5, 0.6) is 0 Å². The number of imide groups is 1. The summed E-state index contributed by atoms with van der Waals surface area (Å²) in [5, 5.41) is 0. The zero-order valence-electron chi connectivity index (χ0n) is 10.4. The number of nitrogens with zero attached hydrogens (tertiary/aromatic N) is 1. The van der Waals surface area contributed by atoms with Crippen molar-refractivity contribution >= 4 is 17.8 Å². The number of carbonyl (C=O) groups is 3. The van der Waals surface area contributed by atoms with Crippen LogP contribution in [0, 0.1) is 11.8 Å². The van der Waals surface area contributed by atoms with Crippen molar-refractivity contribution < 1.29 is 19.1 Å². The molecule has 2 unspecified atom stereocenters. The predicted octanol–water partition coefficient (Wildman–Crippen LogP) is 0.747. The molecule has 0 aromatic rings. The van der Waals surface area contributed by atoms with Crippen molar-refractivity contribution in [3.63, 3.8) is 0 Å². The first-order valence-electron chi connectivity index (χ1n) is 5.60. The van der Waals surface area contributed by atoms with E-state index >= 15 is 0 Å². The first-order chi connectivity index (χ1) is 7.90. The summed E-state index contributed by atoms with van der Waals surface area (Å²) in [5.74, 6) is -1.75. The maximum Gasteiger partial charge on any atom is 0.335 e. The average molecular weight is 239 g/mol. The highest BCUT2D eigenvalue weighted by molar-refractivity contribution is 6.05. The fourth-order valence-corrected chi connectivity index (χ4v) is 1.67. The van der Waals surface area contributed by atoms with Gasteiger partial charge in [0.05, 0.1) is 13.2 Å². The highest BCUT2D eigenvalue weighted by Crippen LogP contribution is 2.25. The Hall–Kier alpha value is -1.65. The van der Waals surface area contributed by atoms with Crippen LogP contribution in [-0.4, -0.2) is 35.8 Å². The molecule has 0 spiro atoms. The zero-order chi connectivity index (χ0) is 13.2. The van der Waals surface area contributed by atoms with Gasteiger partial charge in [-0.1, -0.05) is 20.4 Å². The second-order valence-corrected chi connectivity index (χ2v) is 4.16. The van der Waals surface area contributed by atoms with E-state index in [1.54, 1.807) is 20.8 Å². The van der Waals surface area contributed by atoms with Gasteiger partial charge in [-0.15, -0.1) is 0 Å². The maximum absolute atomic E-state index is 11.8. The summed E-state index contributed by atoms with van der Waals surface area (Å²) in [4.78, 5) is 35.9. The van der Waals surface area contributed by atoms with E-state index in [2.05, 4.69) is 6.58 Å². The van der Waals surface area contributed by atoms with E-state index in [0.717, 1.165) is 4.90 Å². The minimum atomic E-state index is -0.569. The van der Waals surface area contributed by atoms with Gasteiger partial charge in [0.15, 0.2) is 0 Å². The van der Waals surface area contributed by atoms with Gasteiger partial charge < -0.3 is 4.74 Å². The Morgan fingerprint density at radius 2 is 1.76 bits per heavy atom. The Labute approximate surface area is 100 Å². The van der Waals surface area contributed by atoms with Gasteiger partial charge in [-0.25, -0.2) is 4.79 Å². The van der Waals surface area contributed by atoms with Crippen LogP contribution in [-0.2, 0) is 19.1 Å². The molecule has 0 radical (unpaired) electrons. The number of amides is 2. The fraction of sp³-hybridized carbons (Fsp3) is 0.583. The molecule has 1 heterocycles. The smallest absolute Gasteiger partial charge is 0.335 e. The number of rotatable bonds is 4. The van der Waals surface area contributed by atoms with Crippen molar-refractivity contribution in [2.75, 3.05) is 13.2 Å². The first-order valence-corrected chi connectivity index (χ1v) is 5.60. The molecule has 5 heteroatoms. The highest BCUT2D eigenvalue weighted by Gasteiger charge is 2.42. The fourth-order valence-electron chi connectivity index (χ4n) is 1.67. The van der Waals surface area contributed by atoms with Gasteiger partial charge in [0.1, 0.15) is 0 Å². The van der Waals surface area contributed by atoms with Gasteiger partial charge in [0.2, 0.25) is 11.8 Å². The maximum atomic E-state index is 11.8. The number of likely N-dealkylation sites (tertiary alicyclic amines) is 1. The van der Waals surface area contributed by atoms with E-state index in [4.69, 9.17) is 4.74 Å². The van der Waals surface area contributed by atoms with Crippen molar-refractivity contribution in [3.05, 3.63) is 12.2 Å². The van der Waals surface area contributed by atoms with E-state index in [-0.39, 0.29) is 42.4 Å². The van der Waals surface area contributed by atoms with Crippen molar-refractivity contribution in [2.24, 2.45) is 11.8 Å². The number of ether oxygens (including phenoxy) is 1. The number of esters is 1. The van der Waals surface area contributed by atoms with Gasteiger partial charge in [-0.3, -0.25) is 14.5 Å². The Bertz CT molecular complexity index is 355. The summed E-state index contributed by atoms with van der Waals surface area (Å²) in [6.07, 6.45) is 0. The topological polar surface area (TPSA) is 63.7 Å². The molecule has 0 aromatic heterocycles. The first kappa shape index (κ1) is 13.4. The van der Waals surface area contributed by atoms with Crippen LogP contribution in [0.25, 0.3) is 0 Å². The lowest BCUT2D eigenvalue weighted by Gasteiger charge is -2.15. The number of hydrogen-bond acceptors (Lipinski definition) is 4.